The number of ether oxygens (including phenoxy) is 2. The Hall–Kier alpha value is -2.47. The average molecular weight is 402 g/mol. The van der Waals surface area contributed by atoms with Crippen LogP contribution in [0.15, 0.2) is 71.3 Å². The lowest BCUT2D eigenvalue weighted by atomic mass is 10.2. The fourth-order valence-corrected chi connectivity index (χ4v) is 3.00. The summed E-state index contributed by atoms with van der Waals surface area (Å²) in [4.78, 5) is 2.12. The zero-order valence-electron chi connectivity index (χ0n) is 15.8. The van der Waals surface area contributed by atoms with Crippen molar-refractivity contribution in [1.82, 2.24) is 4.90 Å². The number of nitrogens with zero attached hydrogens (tertiary/aromatic N) is 1. The van der Waals surface area contributed by atoms with Gasteiger partial charge in [0.1, 0.15) is 30.0 Å². The van der Waals surface area contributed by atoms with Gasteiger partial charge in [-0.3, -0.25) is 4.90 Å². The molecule has 0 saturated carbocycles. The standard InChI is InChI=1S/C22H24ClNO4/c1-26-20-8-4-17(5-9-20)13-24(15-22-3-2-12-27-22)14-19(25)16-28-21-10-6-18(23)7-11-21/h2-12,19,25H,13-16H2,1H3/t19-/m0/s1. The van der Waals surface area contributed by atoms with E-state index in [1.807, 2.05) is 36.4 Å². The summed E-state index contributed by atoms with van der Waals surface area (Å²) in [5.74, 6) is 2.34. The quantitative estimate of drug-likeness (QED) is 0.546. The second kappa shape index (κ2) is 10.2. The number of benzene rings is 2. The molecule has 28 heavy (non-hydrogen) atoms. The molecular formula is C22H24ClNO4. The molecule has 0 aliphatic carbocycles. The number of rotatable bonds is 10. The second-order valence-electron chi connectivity index (χ2n) is 6.52. The maximum atomic E-state index is 10.5. The number of aliphatic hydroxyl groups excluding tert-OH is 1. The lowest BCUT2D eigenvalue weighted by molar-refractivity contribution is 0.0604. The molecule has 0 unspecified atom stereocenters. The number of hydrogen-bond acceptors (Lipinski definition) is 5. The molecule has 0 amide bonds. The minimum atomic E-state index is -0.649. The first-order valence-corrected chi connectivity index (χ1v) is 9.44. The van der Waals surface area contributed by atoms with E-state index in [-0.39, 0.29) is 6.61 Å². The number of furan rings is 1. The molecule has 1 atom stereocenters. The summed E-state index contributed by atoms with van der Waals surface area (Å²) in [7, 11) is 1.65. The van der Waals surface area contributed by atoms with Crippen molar-refractivity contribution in [1.29, 1.82) is 0 Å². The normalized spacial score (nSPS) is 12.1. The van der Waals surface area contributed by atoms with Crippen LogP contribution >= 0.6 is 11.6 Å². The van der Waals surface area contributed by atoms with Gasteiger partial charge in [0.25, 0.3) is 0 Å². The lowest BCUT2D eigenvalue weighted by Gasteiger charge is -2.24. The third kappa shape index (κ3) is 6.30. The first-order valence-electron chi connectivity index (χ1n) is 9.06. The summed E-state index contributed by atoms with van der Waals surface area (Å²) in [6, 6.07) is 18.8. The fourth-order valence-electron chi connectivity index (χ4n) is 2.87. The van der Waals surface area contributed by atoms with Crippen LogP contribution in [0.5, 0.6) is 11.5 Å². The monoisotopic (exact) mass is 401 g/mol. The van der Waals surface area contributed by atoms with Gasteiger partial charge in [0.15, 0.2) is 0 Å². The van der Waals surface area contributed by atoms with Gasteiger partial charge in [0, 0.05) is 18.1 Å². The highest BCUT2D eigenvalue weighted by atomic mass is 35.5. The highest BCUT2D eigenvalue weighted by Gasteiger charge is 2.15. The lowest BCUT2D eigenvalue weighted by Crippen LogP contribution is -2.35. The van der Waals surface area contributed by atoms with E-state index in [2.05, 4.69) is 4.90 Å². The Labute approximate surface area is 170 Å². The molecule has 3 aromatic rings. The van der Waals surface area contributed by atoms with Crippen LogP contribution < -0.4 is 9.47 Å². The summed E-state index contributed by atoms with van der Waals surface area (Å²) in [5, 5.41) is 11.1. The highest BCUT2D eigenvalue weighted by Crippen LogP contribution is 2.17. The molecule has 0 bridgehead atoms. The van der Waals surface area contributed by atoms with E-state index in [1.165, 1.54) is 0 Å². The predicted octanol–water partition coefficient (Wildman–Crippen LogP) is 4.38. The smallest absolute Gasteiger partial charge is 0.119 e. The zero-order valence-corrected chi connectivity index (χ0v) is 16.5. The van der Waals surface area contributed by atoms with Gasteiger partial charge in [-0.15, -0.1) is 0 Å². The van der Waals surface area contributed by atoms with Crippen molar-refractivity contribution in [2.45, 2.75) is 19.2 Å². The van der Waals surface area contributed by atoms with Gasteiger partial charge < -0.3 is 19.0 Å². The van der Waals surface area contributed by atoms with Crippen LogP contribution in [0.1, 0.15) is 11.3 Å². The molecule has 148 valence electrons. The van der Waals surface area contributed by atoms with Gasteiger partial charge in [-0.05, 0) is 54.1 Å². The molecule has 3 rings (SSSR count). The molecule has 6 heteroatoms. The van der Waals surface area contributed by atoms with Crippen molar-refractivity contribution in [2.75, 3.05) is 20.3 Å². The Balaban J connectivity index is 1.59. The minimum Gasteiger partial charge on any atom is -0.497 e. The van der Waals surface area contributed by atoms with Gasteiger partial charge >= 0.3 is 0 Å². The van der Waals surface area contributed by atoms with Crippen LogP contribution in [-0.2, 0) is 13.1 Å². The van der Waals surface area contributed by atoms with Gasteiger partial charge in [-0.25, -0.2) is 0 Å². The molecule has 1 heterocycles. The summed E-state index contributed by atoms with van der Waals surface area (Å²) < 4.78 is 16.3. The van der Waals surface area contributed by atoms with Crippen molar-refractivity contribution < 1.29 is 19.0 Å². The molecule has 0 fully saturated rings. The molecule has 1 aromatic heterocycles. The van der Waals surface area contributed by atoms with E-state index >= 15 is 0 Å². The molecular weight excluding hydrogens is 378 g/mol. The van der Waals surface area contributed by atoms with Crippen LogP contribution in [0.4, 0.5) is 0 Å². The minimum absolute atomic E-state index is 0.193. The first kappa shape index (κ1) is 20.3. The molecule has 0 aliphatic rings. The van der Waals surface area contributed by atoms with Crippen LogP contribution in [0.2, 0.25) is 5.02 Å². The van der Waals surface area contributed by atoms with Crippen molar-refractivity contribution in [3.05, 3.63) is 83.3 Å². The molecule has 0 saturated heterocycles. The molecule has 2 aromatic carbocycles. The topological polar surface area (TPSA) is 55.1 Å². The highest BCUT2D eigenvalue weighted by molar-refractivity contribution is 6.30. The van der Waals surface area contributed by atoms with Crippen LogP contribution in [0.25, 0.3) is 0 Å². The van der Waals surface area contributed by atoms with E-state index in [1.54, 1.807) is 37.6 Å². The van der Waals surface area contributed by atoms with E-state index in [0.717, 1.165) is 17.1 Å². The molecule has 5 nitrogen and oxygen atoms in total. The molecule has 0 aliphatic heterocycles. The van der Waals surface area contributed by atoms with Gasteiger partial charge in [0.2, 0.25) is 0 Å². The molecule has 1 N–H and O–H groups in total. The number of halogens is 1. The van der Waals surface area contributed by atoms with Gasteiger partial charge in [0.05, 0.1) is 19.9 Å². The third-order valence-electron chi connectivity index (χ3n) is 4.25. The van der Waals surface area contributed by atoms with Gasteiger partial charge in [-0.1, -0.05) is 23.7 Å². The molecule has 0 radical (unpaired) electrons. The maximum Gasteiger partial charge on any atom is 0.119 e. The number of hydrogen-bond donors (Lipinski definition) is 1. The first-order chi connectivity index (χ1) is 13.6. The van der Waals surface area contributed by atoms with E-state index in [9.17, 15) is 5.11 Å². The van der Waals surface area contributed by atoms with Crippen LogP contribution in [0.3, 0.4) is 0 Å². The van der Waals surface area contributed by atoms with Crippen molar-refractivity contribution in [3.8, 4) is 11.5 Å². The SMILES string of the molecule is COc1ccc(CN(Cc2ccco2)C[C@H](O)COc2ccc(Cl)cc2)cc1. The number of aliphatic hydroxyl groups is 1. The predicted molar refractivity (Wildman–Crippen MR) is 109 cm³/mol. The largest absolute Gasteiger partial charge is 0.497 e. The van der Waals surface area contributed by atoms with Gasteiger partial charge in [-0.2, -0.15) is 0 Å². The second-order valence-corrected chi connectivity index (χ2v) is 6.95. The maximum absolute atomic E-state index is 10.5. The summed E-state index contributed by atoms with van der Waals surface area (Å²) in [5.41, 5.74) is 1.12. The zero-order chi connectivity index (χ0) is 19.8. The van der Waals surface area contributed by atoms with Crippen LogP contribution in [0, 0.1) is 0 Å². The number of methoxy groups -OCH3 is 1. The summed E-state index contributed by atoms with van der Waals surface area (Å²) in [6.07, 6.45) is 1.00. The molecule has 0 spiro atoms. The summed E-state index contributed by atoms with van der Waals surface area (Å²) >= 11 is 5.88. The van der Waals surface area contributed by atoms with Crippen LogP contribution in [-0.4, -0.2) is 36.4 Å². The Kier molecular flexibility index (Phi) is 7.37. The Bertz CT molecular complexity index is 819. The van der Waals surface area contributed by atoms with Crippen molar-refractivity contribution >= 4 is 11.6 Å². The Morgan fingerprint density at radius 3 is 2.36 bits per heavy atom. The van der Waals surface area contributed by atoms with E-state index in [0.29, 0.717) is 30.4 Å². The third-order valence-corrected chi connectivity index (χ3v) is 4.50. The fraction of sp³-hybridized carbons (Fsp3) is 0.273. The van der Waals surface area contributed by atoms with E-state index in [4.69, 9.17) is 25.5 Å². The average Bonchev–Trinajstić information content (AvgIpc) is 3.21. The Morgan fingerprint density at radius 2 is 1.71 bits per heavy atom. The van der Waals surface area contributed by atoms with E-state index < -0.39 is 6.10 Å². The van der Waals surface area contributed by atoms with Crippen molar-refractivity contribution in [3.63, 3.8) is 0 Å². The Morgan fingerprint density at radius 1 is 1.00 bits per heavy atom. The summed E-state index contributed by atoms with van der Waals surface area (Å²) in [6.45, 7) is 1.90. The van der Waals surface area contributed by atoms with Crippen molar-refractivity contribution in [2.24, 2.45) is 0 Å².